The largest absolute Gasteiger partial charge is 0.359 e. The van der Waals surface area contributed by atoms with Gasteiger partial charge in [0, 0.05) is 6.07 Å². The summed E-state index contributed by atoms with van der Waals surface area (Å²) in [6.07, 6.45) is 0. The lowest BCUT2D eigenvalue weighted by Gasteiger charge is -2.02. The van der Waals surface area contributed by atoms with Gasteiger partial charge in [0.1, 0.15) is 5.38 Å². The molecule has 5 heteroatoms. The second kappa shape index (κ2) is 4.28. The molecule has 1 aromatic rings. The molecule has 0 fully saturated rings. The van der Waals surface area contributed by atoms with E-state index in [1.807, 2.05) is 6.92 Å². The Morgan fingerprint density at radius 3 is 3.00 bits per heavy atom. The number of halogens is 1. The fraction of sp³-hybridized carbons (Fsp3) is 0.500. The molecule has 0 aromatic carbocycles. The molecule has 0 aliphatic rings. The smallest absolute Gasteiger partial charge is 0.238 e. The van der Waals surface area contributed by atoms with Crippen LogP contribution in [0.25, 0.3) is 0 Å². The number of aromatic nitrogens is 1. The summed E-state index contributed by atoms with van der Waals surface area (Å²) in [5, 5.41) is 5.76. The molecule has 0 spiro atoms. The minimum atomic E-state index is -0.524. The SMILES string of the molecule is Cc1cc(CNC(=O)C(C)Cl)on1. The normalized spacial score (nSPS) is 12.5. The van der Waals surface area contributed by atoms with E-state index in [9.17, 15) is 4.79 Å². The number of hydrogen-bond donors (Lipinski definition) is 1. The van der Waals surface area contributed by atoms with Gasteiger partial charge in [-0.1, -0.05) is 5.16 Å². The second-order valence-corrected chi connectivity index (χ2v) is 3.42. The Balaban J connectivity index is 2.39. The van der Waals surface area contributed by atoms with Gasteiger partial charge in [0.2, 0.25) is 5.91 Å². The van der Waals surface area contributed by atoms with Crippen molar-refractivity contribution in [2.24, 2.45) is 0 Å². The second-order valence-electron chi connectivity index (χ2n) is 2.77. The number of carbonyl (C=O) groups is 1. The van der Waals surface area contributed by atoms with E-state index < -0.39 is 5.38 Å². The number of nitrogens with one attached hydrogen (secondary N) is 1. The average Bonchev–Trinajstić information content (AvgIpc) is 2.47. The number of rotatable bonds is 3. The third-order valence-corrected chi connectivity index (χ3v) is 1.67. The number of hydrogen-bond acceptors (Lipinski definition) is 3. The van der Waals surface area contributed by atoms with Gasteiger partial charge < -0.3 is 9.84 Å². The maximum absolute atomic E-state index is 11.0. The monoisotopic (exact) mass is 202 g/mol. The molecule has 0 aliphatic carbocycles. The Hall–Kier alpha value is -1.03. The molecule has 13 heavy (non-hydrogen) atoms. The van der Waals surface area contributed by atoms with Crippen molar-refractivity contribution in [3.05, 3.63) is 17.5 Å². The van der Waals surface area contributed by atoms with E-state index in [0.29, 0.717) is 12.3 Å². The highest BCUT2D eigenvalue weighted by Gasteiger charge is 2.09. The molecule has 0 aliphatic heterocycles. The van der Waals surface area contributed by atoms with E-state index in [4.69, 9.17) is 16.1 Å². The average molecular weight is 203 g/mol. The molecule has 4 nitrogen and oxygen atoms in total. The van der Waals surface area contributed by atoms with Gasteiger partial charge in [0.05, 0.1) is 12.2 Å². The molecule has 0 bridgehead atoms. The van der Waals surface area contributed by atoms with Gasteiger partial charge in [-0.15, -0.1) is 11.6 Å². The third kappa shape index (κ3) is 3.06. The Labute approximate surface area is 81.2 Å². The standard InChI is InChI=1S/C8H11ClN2O2/c1-5-3-7(13-11-5)4-10-8(12)6(2)9/h3,6H,4H2,1-2H3,(H,10,12). The molecule has 72 valence electrons. The van der Waals surface area contributed by atoms with Crippen LogP contribution in [-0.4, -0.2) is 16.4 Å². The van der Waals surface area contributed by atoms with Crippen LogP contribution in [-0.2, 0) is 11.3 Å². The van der Waals surface area contributed by atoms with Gasteiger partial charge in [-0.25, -0.2) is 0 Å². The first-order valence-electron chi connectivity index (χ1n) is 3.93. The van der Waals surface area contributed by atoms with Crippen LogP contribution in [0.4, 0.5) is 0 Å². The van der Waals surface area contributed by atoms with E-state index in [0.717, 1.165) is 5.69 Å². The van der Waals surface area contributed by atoms with Crippen molar-refractivity contribution in [2.45, 2.75) is 25.8 Å². The Morgan fingerprint density at radius 1 is 1.85 bits per heavy atom. The molecule has 1 atom stereocenters. The van der Waals surface area contributed by atoms with Crippen molar-refractivity contribution in [1.29, 1.82) is 0 Å². The van der Waals surface area contributed by atoms with Crippen LogP contribution in [0.3, 0.4) is 0 Å². The van der Waals surface area contributed by atoms with Gasteiger partial charge in [-0.2, -0.15) is 0 Å². The van der Waals surface area contributed by atoms with E-state index in [1.165, 1.54) is 0 Å². The molecule has 1 unspecified atom stereocenters. The van der Waals surface area contributed by atoms with Gasteiger partial charge in [0.25, 0.3) is 0 Å². The fourth-order valence-corrected chi connectivity index (χ4v) is 0.892. The molecule has 1 N–H and O–H groups in total. The lowest BCUT2D eigenvalue weighted by atomic mass is 10.3. The maximum Gasteiger partial charge on any atom is 0.238 e. The van der Waals surface area contributed by atoms with Crippen molar-refractivity contribution in [3.63, 3.8) is 0 Å². The van der Waals surface area contributed by atoms with E-state index >= 15 is 0 Å². The Morgan fingerprint density at radius 2 is 2.54 bits per heavy atom. The van der Waals surface area contributed by atoms with Gasteiger partial charge >= 0.3 is 0 Å². The van der Waals surface area contributed by atoms with Gasteiger partial charge in [-0.05, 0) is 13.8 Å². The van der Waals surface area contributed by atoms with Crippen molar-refractivity contribution in [2.75, 3.05) is 0 Å². The van der Waals surface area contributed by atoms with E-state index in [2.05, 4.69) is 10.5 Å². The van der Waals surface area contributed by atoms with E-state index in [-0.39, 0.29) is 5.91 Å². The summed E-state index contributed by atoms with van der Waals surface area (Å²) in [5.74, 6) is 0.416. The predicted molar refractivity (Wildman–Crippen MR) is 48.4 cm³/mol. The molecule has 1 heterocycles. The zero-order valence-corrected chi connectivity index (χ0v) is 8.26. The molecule has 0 radical (unpaired) electrons. The first kappa shape index (κ1) is 10.1. The zero-order valence-electron chi connectivity index (χ0n) is 7.50. The van der Waals surface area contributed by atoms with Crippen LogP contribution in [0.5, 0.6) is 0 Å². The van der Waals surface area contributed by atoms with Gasteiger partial charge in [0.15, 0.2) is 5.76 Å². The summed E-state index contributed by atoms with van der Waals surface area (Å²) in [6, 6.07) is 1.76. The molecular formula is C8H11ClN2O2. The zero-order chi connectivity index (χ0) is 9.84. The van der Waals surface area contributed by atoms with Crippen LogP contribution >= 0.6 is 11.6 Å². The number of carbonyl (C=O) groups excluding carboxylic acids is 1. The highest BCUT2D eigenvalue weighted by Crippen LogP contribution is 2.01. The summed E-state index contributed by atoms with van der Waals surface area (Å²) >= 11 is 5.54. The molecule has 0 saturated heterocycles. The summed E-state index contributed by atoms with van der Waals surface area (Å²) in [7, 11) is 0. The first-order chi connectivity index (χ1) is 6.09. The summed E-state index contributed by atoms with van der Waals surface area (Å²) < 4.78 is 4.89. The van der Waals surface area contributed by atoms with Crippen molar-refractivity contribution in [1.82, 2.24) is 10.5 Å². The van der Waals surface area contributed by atoms with Crippen LogP contribution in [0.2, 0.25) is 0 Å². The molecule has 1 amide bonds. The van der Waals surface area contributed by atoms with Crippen LogP contribution in [0.1, 0.15) is 18.4 Å². The summed E-state index contributed by atoms with van der Waals surface area (Å²) in [5.41, 5.74) is 0.795. The van der Waals surface area contributed by atoms with Crippen molar-refractivity contribution >= 4 is 17.5 Å². The van der Waals surface area contributed by atoms with Crippen LogP contribution in [0.15, 0.2) is 10.6 Å². The topological polar surface area (TPSA) is 55.1 Å². The quantitative estimate of drug-likeness (QED) is 0.750. The lowest BCUT2D eigenvalue weighted by molar-refractivity contribution is -0.120. The Bertz CT molecular complexity index is 296. The number of alkyl halides is 1. The molecule has 0 saturated carbocycles. The number of aryl methyl sites for hydroxylation is 1. The van der Waals surface area contributed by atoms with E-state index in [1.54, 1.807) is 13.0 Å². The van der Waals surface area contributed by atoms with Crippen LogP contribution in [0, 0.1) is 6.92 Å². The van der Waals surface area contributed by atoms with Crippen LogP contribution < -0.4 is 5.32 Å². The maximum atomic E-state index is 11.0. The number of amides is 1. The highest BCUT2D eigenvalue weighted by molar-refractivity contribution is 6.30. The Kier molecular flexibility index (Phi) is 3.31. The van der Waals surface area contributed by atoms with Crippen molar-refractivity contribution < 1.29 is 9.32 Å². The predicted octanol–water partition coefficient (Wildman–Crippen LogP) is 1.23. The first-order valence-corrected chi connectivity index (χ1v) is 4.37. The minimum absolute atomic E-state index is 0.212. The molecule has 1 rings (SSSR count). The third-order valence-electron chi connectivity index (χ3n) is 1.47. The molecular weight excluding hydrogens is 192 g/mol. The molecule has 1 aromatic heterocycles. The minimum Gasteiger partial charge on any atom is -0.359 e. The fourth-order valence-electron chi connectivity index (χ4n) is 0.814. The highest BCUT2D eigenvalue weighted by atomic mass is 35.5. The summed E-state index contributed by atoms with van der Waals surface area (Å²) in [6.45, 7) is 3.76. The number of nitrogens with zero attached hydrogens (tertiary/aromatic N) is 1. The van der Waals surface area contributed by atoms with Gasteiger partial charge in [-0.3, -0.25) is 4.79 Å². The lowest BCUT2D eigenvalue weighted by Crippen LogP contribution is -2.28. The summed E-state index contributed by atoms with van der Waals surface area (Å²) in [4.78, 5) is 11.0. The van der Waals surface area contributed by atoms with Crippen molar-refractivity contribution in [3.8, 4) is 0 Å².